The summed E-state index contributed by atoms with van der Waals surface area (Å²) in [4.78, 5) is 15.4. The molecule has 5 heteroatoms. The normalized spacial score (nSPS) is 28.1. The molecule has 2 rings (SSSR count). The summed E-state index contributed by atoms with van der Waals surface area (Å²) < 4.78 is 24.7. The minimum absolute atomic E-state index is 0.154. The van der Waals surface area contributed by atoms with E-state index in [4.69, 9.17) is 0 Å². The van der Waals surface area contributed by atoms with Gasteiger partial charge in [0.2, 0.25) is 5.91 Å². The van der Waals surface area contributed by atoms with Crippen LogP contribution in [0.1, 0.15) is 25.7 Å². The third kappa shape index (κ3) is 2.70. The van der Waals surface area contributed by atoms with Crippen LogP contribution in [-0.4, -0.2) is 54.4 Å². The molecule has 2 saturated heterocycles. The SMILES string of the molecule is O=C1CCCN(CC(F)F)C[C@H]2CCCN12. The Balaban J connectivity index is 1.97. The quantitative estimate of drug-likeness (QED) is 0.717. The average Bonchev–Trinajstić information content (AvgIpc) is 2.62. The maximum atomic E-state index is 12.4. The van der Waals surface area contributed by atoms with Crippen LogP contribution in [0.25, 0.3) is 0 Å². The molecule has 0 aromatic rings. The van der Waals surface area contributed by atoms with Gasteiger partial charge in [-0.05, 0) is 25.8 Å². The summed E-state index contributed by atoms with van der Waals surface area (Å²) in [6.45, 7) is 1.90. The van der Waals surface area contributed by atoms with Crippen LogP contribution in [0.2, 0.25) is 0 Å². The highest BCUT2D eigenvalue weighted by molar-refractivity contribution is 5.76. The first-order valence-corrected chi connectivity index (χ1v) is 5.97. The molecule has 0 bridgehead atoms. The molecule has 0 radical (unpaired) electrons. The number of amides is 1. The molecular formula is C11H18F2N2O. The Morgan fingerprint density at radius 1 is 1.31 bits per heavy atom. The maximum absolute atomic E-state index is 12.4. The molecule has 2 heterocycles. The number of halogens is 2. The highest BCUT2D eigenvalue weighted by atomic mass is 19.3. The highest BCUT2D eigenvalue weighted by Gasteiger charge is 2.31. The van der Waals surface area contributed by atoms with E-state index in [0.717, 1.165) is 19.4 Å². The van der Waals surface area contributed by atoms with Gasteiger partial charge in [-0.15, -0.1) is 0 Å². The van der Waals surface area contributed by atoms with Crippen LogP contribution in [0.3, 0.4) is 0 Å². The second kappa shape index (κ2) is 5.08. The first-order valence-electron chi connectivity index (χ1n) is 5.97. The zero-order valence-corrected chi connectivity index (χ0v) is 9.37. The molecule has 1 amide bonds. The van der Waals surface area contributed by atoms with Crippen LogP contribution in [-0.2, 0) is 4.79 Å². The lowest BCUT2D eigenvalue weighted by Crippen LogP contribution is -2.47. The van der Waals surface area contributed by atoms with Gasteiger partial charge in [-0.3, -0.25) is 9.69 Å². The first kappa shape index (κ1) is 11.8. The monoisotopic (exact) mass is 232 g/mol. The number of rotatable bonds is 2. The van der Waals surface area contributed by atoms with Crippen LogP contribution >= 0.6 is 0 Å². The number of hydrogen-bond donors (Lipinski definition) is 0. The van der Waals surface area contributed by atoms with E-state index in [0.29, 0.717) is 25.9 Å². The number of carbonyl (C=O) groups is 1. The first-order chi connectivity index (χ1) is 7.66. The van der Waals surface area contributed by atoms with Crippen molar-refractivity contribution < 1.29 is 13.6 Å². The van der Waals surface area contributed by atoms with Gasteiger partial charge in [0.05, 0.1) is 6.54 Å². The van der Waals surface area contributed by atoms with E-state index in [9.17, 15) is 13.6 Å². The standard InChI is InChI=1S/C11H18F2N2O/c12-10(13)8-14-5-2-4-11(16)15-6-1-3-9(15)7-14/h9-10H,1-8H2/t9-/m1/s1. The lowest BCUT2D eigenvalue weighted by molar-refractivity contribution is -0.133. The Labute approximate surface area is 94.4 Å². The maximum Gasteiger partial charge on any atom is 0.251 e. The molecule has 16 heavy (non-hydrogen) atoms. The van der Waals surface area contributed by atoms with Gasteiger partial charge < -0.3 is 4.90 Å². The lowest BCUT2D eigenvalue weighted by atomic mass is 10.1. The van der Waals surface area contributed by atoms with Crippen molar-refractivity contribution in [3.63, 3.8) is 0 Å². The molecule has 2 fully saturated rings. The van der Waals surface area contributed by atoms with Crippen LogP contribution in [0, 0.1) is 0 Å². The highest BCUT2D eigenvalue weighted by Crippen LogP contribution is 2.22. The third-order valence-electron chi connectivity index (χ3n) is 3.43. The fraction of sp³-hybridized carbons (Fsp3) is 0.909. The van der Waals surface area contributed by atoms with Gasteiger partial charge in [0, 0.05) is 25.6 Å². The number of fused-ring (bicyclic) bond motifs is 1. The number of nitrogens with zero attached hydrogens (tertiary/aromatic N) is 2. The van der Waals surface area contributed by atoms with E-state index < -0.39 is 6.43 Å². The summed E-state index contributed by atoms with van der Waals surface area (Å²) in [7, 11) is 0. The smallest absolute Gasteiger partial charge is 0.251 e. The van der Waals surface area contributed by atoms with E-state index in [1.807, 2.05) is 4.90 Å². The third-order valence-corrected chi connectivity index (χ3v) is 3.43. The van der Waals surface area contributed by atoms with Crippen molar-refractivity contribution in [3.05, 3.63) is 0 Å². The van der Waals surface area contributed by atoms with Crippen molar-refractivity contribution in [2.75, 3.05) is 26.2 Å². The second-order valence-corrected chi connectivity index (χ2v) is 4.64. The Hall–Kier alpha value is -0.710. The average molecular weight is 232 g/mol. The number of hydrogen-bond acceptors (Lipinski definition) is 2. The van der Waals surface area contributed by atoms with Gasteiger partial charge in [0.15, 0.2) is 0 Å². The number of carbonyl (C=O) groups excluding carboxylic acids is 1. The van der Waals surface area contributed by atoms with E-state index in [2.05, 4.69) is 0 Å². The Morgan fingerprint density at radius 3 is 2.88 bits per heavy atom. The van der Waals surface area contributed by atoms with Crippen molar-refractivity contribution in [1.29, 1.82) is 0 Å². The molecule has 0 aromatic carbocycles. The molecule has 2 aliphatic heterocycles. The molecule has 92 valence electrons. The molecule has 0 aliphatic carbocycles. The fourth-order valence-corrected chi connectivity index (χ4v) is 2.70. The Kier molecular flexibility index (Phi) is 3.74. The van der Waals surface area contributed by atoms with Gasteiger partial charge in [-0.25, -0.2) is 8.78 Å². The molecule has 0 spiro atoms. The van der Waals surface area contributed by atoms with Crippen molar-refractivity contribution in [2.45, 2.75) is 38.2 Å². The summed E-state index contributed by atoms with van der Waals surface area (Å²) >= 11 is 0. The van der Waals surface area contributed by atoms with E-state index >= 15 is 0 Å². The number of alkyl halides is 2. The van der Waals surface area contributed by atoms with Crippen molar-refractivity contribution in [3.8, 4) is 0 Å². The molecular weight excluding hydrogens is 214 g/mol. The predicted molar refractivity (Wildman–Crippen MR) is 56.4 cm³/mol. The lowest BCUT2D eigenvalue weighted by Gasteiger charge is -2.33. The molecule has 0 aromatic heterocycles. The topological polar surface area (TPSA) is 23.6 Å². The van der Waals surface area contributed by atoms with E-state index in [-0.39, 0.29) is 18.5 Å². The Morgan fingerprint density at radius 2 is 2.12 bits per heavy atom. The van der Waals surface area contributed by atoms with Crippen LogP contribution < -0.4 is 0 Å². The predicted octanol–water partition coefficient (Wildman–Crippen LogP) is 1.34. The largest absolute Gasteiger partial charge is 0.338 e. The second-order valence-electron chi connectivity index (χ2n) is 4.64. The van der Waals surface area contributed by atoms with Gasteiger partial charge >= 0.3 is 0 Å². The summed E-state index contributed by atoms with van der Waals surface area (Å²) in [5, 5.41) is 0. The minimum Gasteiger partial charge on any atom is -0.338 e. The van der Waals surface area contributed by atoms with Crippen molar-refractivity contribution in [2.24, 2.45) is 0 Å². The molecule has 0 saturated carbocycles. The van der Waals surface area contributed by atoms with Gasteiger partial charge in [-0.2, -0.15) is 0 Å². The fourth-order valence-electron chi connectivity index (χ4n) is 2.70. The van der Waals surface area contributed by atoms with Crippen LogP contribution in [0.5, 0.6) is 0 Å². The molecule has 2 aliphatic rings. The van der Waals surface area contributed by atoms with Crippen LogP contribution in [0.15, 0.2) is 0 Å². The molecule has 0 N–H and O–H groups in total. The molecule has 3 nitrogen and oxygen atoms in total. The van der Waals surface area contributed by atoms with E-state index in [1.54, 1.807) is 4.90 Å². The van der Waals surface area contributed by atoms with Crippen molar-refractivity contribution >= 4 is 5.91 Å². The van der Waals surface area contributed by atoms with Crippen molar-refractivity contribution in [1.82, 2.24) is 9.80 Å². The molecule has 1 atom stereocenters. The van der Waals surface area contributed by atoms with Gasteiger partial charge in [0.25, 0.3) is 6.43 Å². The Bertz CT molecular complexity index is 260. The summed E-state index contributed by atoms with van der Waals surface area (Å²) in [6.07, 6.45) is 0.917. The van der Waals surface area contributed by atoms with Gasteiger partial charge in [0.1, 0.15) is 0 Å². The summed E-state index contributed by atoms with van der Waals surface area (Å²) in [5.74, 6) is 0.208. The molecule has 0 unspecified atom stereocenters. The van der Waals surface area contributed by atoms with E-state index in [1.165, 1.54) is 0 Å². The van der Waals surface area contributed by atoms with Crippen LogP contribution in [0.4, 0.5) is 8.78 Å². The minimum atomic E-state index is -2.27. The zero-order chi connectivity index (χ0) is 11.5. The summed E-state index contributed by atoms with van der Waals surface area (Å²) in [5.41, 5.74) is 0. The zero-order valence-electron chi connectivity index (χ0n) is 9.37. The van der Waals surface area contributed by atoms with Gasteiger partial charge in [-0.1, -0.05) is 0 Å². The summed E-state index contributed by atoms with van der Waals surface area (Å²) in [6, 6.07) is 0.173.